The molecular weight excluding hydrogens is 597 g/mol. The van der Waals surface area contributed by atoms with Crippen molar-refractivity contribution in [2.24, 2.45) is 9.98 Å². The summed E-state index contributed by atoms with van der Waals surface area (Å²) in [6.07, 6.45) is 6.73. The molecule has 1 aromatic rings. The lowest BCUT2D eigenvalue weighted by Crippen LogP contribution is -2.59. The van der Waals surface area contributed by atoms with Crippen LogP contribution in [0, 0.1) is 12.3 Å². The van der Waals surface area contributed by atoms with Crippen LogP contribution in [0.2, 0.25) is 0 Å². The number of esters is 1. The van der Waals surface area contributed by atoms with Crippen LogP contribution in [0.1, 0.15) is 46.0 Å². The van der Waals surface area contributed by atoms with E-state index in [-0.39, 0.29) is 18.6 Å². The van der Waals surface area contributed by atoms with Crippen LogP contribution in [-0.4, -0.2) is 94.2 Å². The molecule has 1 aliphatic carbocycles. The summed E-state index contributed by atoms with van der Waals surface area (Å²) in [5.41, 5.74) is -2.21. The Morgan fingerprint density at radius 3 is 2.77 bits per heavy atom. The van der Waals surface area contributed by atoms with Crippen molar-refractivity contribution in [3.8, 4) is 18.1 Å². The van der Waals surface area contributed by atoms with Gasteiger partial charge in [-0.3, -0.25) is 14.6 Å². The zero-order chi connectivity index (χ0) is 30.8. The van der Waals surface area contributed by atoms with Gasteiger partial charge in [0.25, 0.3) is 5.91 Å². The van der Waals surface area contributed by atoms with E-state index in [0.29, 0.717) is 11.6 Å². The van der Waals surface area contributed by atoms with Crippen molar-refractivity contribution in [3.63, 3.8) is 0 Å². The van der Waals surface area contributed by atoms with Crippen LogP contribution in [0.25, 0.3) is 0 Å². The second-order valence-corrected chi connectivity index (χ2v) is 14.1. The number of nitrogens with zero attached hydrogens (tertiary/aromatic N) is 3. The van der Waals surface area contributed by atoms with Crippen molar-refractivity contribution in [1.29, 1.82) is 0 Å². The fraction of sp³-hybridized carbons (Fsp3) is 0.571. The van der Waals surface area contributed by atoms with Crippen LogP contribution in [0.15, 0.2) is 40.3 Å². The van der Waals surface area contributed by atoms with E-state index >= 15 is 0 Å². The molecule has 13 nitrogen and oxygen atoms in total. The number of benzene rings is 1. The Hall–Kier alpha value is -2.89. The van der Waals surface area contributed by atoms with Crippen molar-refractivity contribution in [2.45, 2.75) is 94.3 Å². The topological polar surface area (TPSA) is 164 Å². The van der Waals surface area contributed by atoms with Gasteiger partial charge in [-0.05, 0) is 63.5 Å². The van der Waals surface area contributed by atoms with Gasteiger partial charge in [-0.2, -0.15) is 0 Å². The maximum atomic E-state index is 12.9. The first-order valence-corrected chi connectivity index (χ1v) is 16.8. The highest BCUT2D eigenvalue weighted by Gasteiger charge is 2.60. The lowest BCUT2D eigenvalue weighted by atomic mass is 9.94. The van der Waals surface area contributed by atoms with Crippen LogP contribution in [0.4, 0.5) is 0 Å². The number of aliphatic hydroxyl groups excluding tert-OH is 1. The molecule has 3 heterocycles. The Bertz CT molecular complexity index is 1350. The number of hydrogen-bond donors (Lipinski definition) is 4. The van der Waals surface area contributed by atoms with Gasteiger partial charge < -0.3 is 39.0 Å². The standard InChI is InChI=1S/C28H36N5O8PS/c1-4-28(37)23(34)21(40-27(28)33-16-29-22-24(33)30-18(3)31-25(22)35)15-38-42(43,41-20-13-9-6-10-14-20)32-17(2)26(36)39-19-11-7-5-8-12-19/h1,6,9-10,13-14,16-17,19,21-24,27,34,37H,5,7-8,11-12,15H2,2-3H3,(H,32,43)(H,30,31,35)/t17?,21-,22?,23-,24?,27-,28-,42?/m1/s1. The molecule has 4 unspecified atom stereocenters. The van der Waals surface area contributed by atoms with Gasteiger partial charge in [0.05, 0.1) is 12.9 Å². The van der Waals surface area contributed by atoms with Gasteiger partial charge in [-0.25, -0.2) is 10.1 Å². The molecule has 0 radical (unpaired) electrons. The fourth-order valence-electron chi connectivity index (χ4n) is 5.46. The molecule has 1 aromatic carbocycles. The summed E-state index contributed by atoms with van der Waals surface area (Å²) < 4.78 is 23.9. The Labute approximate surface area is 255 Å². The van der Waals surface area contributed by atoms with Crippen molar-refractivity contribution in [3.05, 3.63) is 30.3 Å². The van der Waals surface area contributed by atoms with Gasteiger partial charge in [0.15, 0.2) is 24.0 Å². The van der Waals surface area contributed by atoms with E-state index < -0.39 is 54.9 Å². The number of aliphatic hydroxyl groups is 2. The average Bonchev–Trinajstić information content (AvgIpc) is 3.51. The molecule has 15 heteroatoms. The number of fused-ring (bicyclic) bond motifs is 1. The molecule has 2 fully saturated rings. The van der Waals surface area contributed by atoms with Gasteiger partial charge in [0.2, 0.25) is 0 Å². The second-order valence-electron chi connectivity index (χ2n) is 11.0. The van der Waals surface area contributed by atoms with Gasteiger partial charge in [0.1, 0.15) is 35.9 Å². The van der Waals surface area contributed by atoms with Crippen LogP contribution in [0.5, 0.6) is 5.75 Å². The third-order valence-corrected chi connectivity index (χ3v) is 10.3. The number of nitrogens with one attached hydrogen (secondary N) is 2. The molecule has 1 saturated heterocycles. The molecular formula is C28H36N5O8PS. The number of carbonyl (C=O) groups is 2. The first-order valence-electron chi connectivity index (χ1n) is 14.2. The minimum absolute atomic E-state index is 0.142. The number of aliphatic imine (C=N–C) groups is 2. The first-order chi connectivity index (χ1) is 20.5. The molecule has 1 saturated carbocycles. The van der Waals surface area contributed by atoms with E-state index in [9.17, 15) is 19.8 Å². The summed E-state index contributed by atoms with van der Waals surface area (Å²) in [4.78, 5) is 35.4. The lowest BCUT2D eigenvalue weighted by molar-refractivity contribution is -0.152. The third kappa shape index (κ3) is 6.78. The van der Waals surface area contributed by atoms with Gasteiger partial charge in [-0.1, -0.05) is 30.5 Å². The number of carbonyl (C=O) groups excluding carboxylic acids is 2. The number of hydrogen-bond acceptors (Lipinski definition) is 12. The number of amides is 1. The molecule has 43 heavy (non-hydrogen) atoms. The summed E-state index contributed by atoms with van der Waals surface area (Å²) in [5.74, 6) is 2.17. The summed E-state index contributed by atoms with van der Waals surface area (Å²) in [6.45, 7) is -0.594. The molecule has 232 valence electrons. The summed E-state index contributed by atoms with van der Waals surface area (Å²) >= 11 is 5.80. The highest BCUT2D eigenvalue weighted by atomic mass is 32.5. The van der Waals surface area contributed by atoms with Crippen molar-refractivity contribution < 1.29 is 38.3 Å². The summed E-state index contributed by atoms with van der Waals surface area (Å²) in [5, 5.41) is 28.1. The van der Waals surface area contributed by atoms with E-state index in [1.165, 1.54) is 11.2 Å². The van der Waals surface area contributed by atoms with Crippen molar-refractivity contribution >= 4 is 42.5 Å². The monoisotopic (exact) mass is 633 g/mol. The Morgan fingerprint density at radius 1 is 1.35 bits per heavy atom. The molecule has 0 spiro atoms. The predicted molar refractivity (Wildman–Crippen MR) is 160 cm³/mol. The second kappa shape index (κ2) is 13.0. The van der Waals surface area contributed by atoms with Crippen LogP contribution in [0.3, 0.4) is 0 Å². The SMILES string of the molecule is C#C[C@@]1(O)[C@H](O)[C@@H](COP(=S)(NC(C)C(=O)OC2CCCCC2)Oc2ccccc2)O[C@H]1N1C=NC2C(=O)NC(C)=NC21. The smallest absolute Gasteiger partial charge is 0.323 e. The van der Waals surface area contributed by atoms with Crippen LogP contribution >= 0.6 is 6.64 Å². The number of amidine groups is 1. The van der Waals surface area contributed by atoms with E-state index in [0.717, 1.165) is 32.1 Å². The van der Waals surface area contributed by atoms with Gasteiger partial charge >= 0.3 is 12.6 Å². The van der Waals surface area contributed by atoms with Gasteiger partial charge in [-0.15, -0.1) is 6.42 Å². The molecule has 3 aliphatic heterocycles. The predicted octanol–water partition coefficient (Wildman–Crippen LogP) is 1.20. The molecule has 4 aliphatic rings. The normalized spacial score (nSPS) is 32.6. The molecule has 0 aromatic heterocycles. The van der Waals surface area contributed by atoms with Crippen LogP contribution < -0.4 is 14.9 Å². The Kier molecular flexibility index (Phi) is 9.53. The number of ether oxygens (including phenoxy) is 2. The van der Waals surface area contributed by atoms with Crippen molar-refractivity contribution in [2.75, 3.05) is 6.61 Å². The molecule has 8 atom stereocenters. The number of rotatable bonds is 10. The van der Waals surface area contributed by atoms with E-state index in [4.69, 9.17) is 36.8 Å². The number of terminal acetylenes is 1. The summed E-state index contributed by atoms with van der Waals surface area (Å²) in [6, 6.07) is 6.99. The number of para-hydroxylation sites is 1. The maximum Gasteiger partial charge on any atom is 0.323 e. The quantitative estimate of drug-likeness (QED) is 0.166. The lowest BCUT2D eigenvalue weighted by Gasteiger charge is -2.36. The van der Waals surface area contributed by atoms with E-state index in [2.05, 4.69) is 26.3 Å². The highest BCUT2D eigenvalue weighted by molar-refractivity contribution is 8.09. The Morgan fingerprint density at radius 2 is 2.07 bits per heavy atom. The van der Waals surface area contributed by atoms with Crippen LogP contribution in [-0.2, 0) is 35.4 Å². The van der Waals surface area contributed by atoms with Crippen molar-refractivity contribution in [1.82, 2.24) is 15.3 Å². The fourth-order valence-corrected chi connectivity index (χ4v) is 7.88. The van der Waals surface area contributed by atoms with E-state index in [1.54, 1.807) is 38.1 Å². The molecule has 1 amide bonds. The molecule has 5 rings (SSSR count). The zero-order valence-electron chi connectivity index (χ0n) is 23.9. The van der Waals surface area contributed by atoms with Gasteiger partial charge in [0, 0.05) is 0 Å². The molecule has 4 N–H and O–H groups in total. The largest absolute Gasteiger partial charge is 0.461 e. The summed E-state index contributed by atoms with van der Waals surface area (Å²) in [7, 11) is 0. The zero-order valence-corrected chi connectivity index (χ0v) is 25.6. The minimum atomic E-state index is -3.48. The average molecular weight is 634 g/mol. The highest BCUT2D eigenvalue weighted by Crippen LogP contribution is 2.47. The third-order valence-electron chi connectivity index (χ3n) is 7.75. The van der Waals surface area contributed by atoms with E-state index in [1.807, 2.05) is 6.07 Å². The Balaban J connectivity index is 1.31. The minimum Gasteiger partial charge on any atom is -0.461 e. The first kappa shape index (κ1) is 31.5. The molecule has 0 bridgehead atoms. The maximum absolute atomic E-state index is 12.9.